The van der Waals surface area contributed by atoms with Crippen molar-refractivity contribution < 1.29 is 0 Å². The zero-order valence-electron chi connectivity index (χ0n) is 10.8. The molecule has 0 aromatic heterocycles. The van der Waals surface area contributed by atoms with E-state index in [2.05, 4.69) is 13.0 Å². The van der Waals surface area contributed by atoms with Crippen LogP contribution in [0.5, 0.6) is 0 Å². The molecule has 1 aromatic carbocycles. The lowest BCUT2D eigenvalue weighted by Crippen LogP contribution is -1.97. The van der Waals surface area contributed by atoms with Crippen LogP contribution < -0.4 is 0 Å². The van der Waals surface area contributed by atoms with Gasteiger partial charge in [0.15, 0.2) is 0 Å². The molecule has 0 fully saturated rings. The Hall–Kier alpha value is -0.710. The Morgan fingerprint density at radius 1 is 1.17 bits per heavy atom. The molecule has 0 radical (unpaired) electrons. The largest absolute Gasteiger partial charge is 0.198 e. The Balaban J connectivity index is 2.53. The molecule has 1 unspecified atom stereocenters. The fourth-order valence-corrected chi connectivity index (χ4v) is 2.57. The van der Waals surface area contributed by atoms with E-state index < -0.39 is 0 Å². The third kappa shape index (κ3) is 4.88. The van der Waals surface area contributed by atoms with Crippen molar-refractivity contribution in [3.63, 3.8) is 0 Å². The van der Waals surface area contributed by atoms with E-state index in [1.54, 1.807) is 12.1 Å². The molecule has 0 spiro atoms. The summed E-state index contributed by atoms with van der Waals surface area (Å²) >= 11 is 12.0. The van der Waals surface area contributed by atoms with Gasteiger partial charge < -0.3 is 0 Å². The van der Waals surface area contributed by atoms with Crippen molar-refractivity contribution >= 4 is 23.2 Å². The molecule has 0 heterocycles. The number of nitrogens with zero attached hydrogens (tertiary/aromatic N) is 1. The molecule has 1 rings (SSSR count). The fraction of sp³-hybridized carbons (Fsp3) is 0.533. The molecule has 0 bridgehead atoms. The van der Waals surface area contributed by atoms with Crippen LogP contribution in [0.1, 0.15) is 56.9 Å². The molecule has 1 nitrogen and oxygen atoms in total. The SMILES string of the molecule is CCCCCCCC(C#N)c1ccc(Cl)cc1Cl. The summed E-state index contributed by atoms with van der Waals surface area (Å²) < 4.78 is 0. The molecule has 0 aliphatic heterocycles. The second kappa shape index (κ2) is 8.40. The lowest BCUT2D eigenvalue weighted by Gasteiger charge is -2.11. The van der Waals surface area contributed by atoms with Gasteiger partial charge in [-0.1, -0.05) is 68.3 Å². The maximum atomic E-state index is 9.23. The van der Waals surface area contributed by atoms with Crippen molar-refractivity contribution in [3.05, 3.63) is 33.8 Å². The van der Waals surface area contributed by atoms with E-state index >= 15 is 0 Å². The maximum Gasteiger partial charge on any atom is 0.0727 e. The number of hydrogen-bond acceptors (Lipinski definition) is 1. The van der Waals surface area contributed by atoms with Crippen LogP contribution in [0.3, 0.4) is 0 Å². The zero-order chi connectivity index (χ0) is 13.4. The third-order valence-electron chi connectivity index (χ3n) is 3.09. The Labute approximate surface area is 120 Å². The number of halogens is 2. The van der Waals surface area contributed by atoms with Crippen molar-refractivity contribution in [3.8, 4) is 6.07 Å². The number of rotatable bonds is 7. The van der Waals surface area contributed by atoms with Crippen LogP contribution in [0.4, 0.5) is 0 Å². The first kappa shape index (κ1) is 15.3. The van der Waals surface area contributed by atoms with Crippen molar-refractivity contribution in [1.29, 1.82) is 5.26 Å². The molecule has 1 aromatic rings. The Kier molecular flexibility index (Phi) is 7.16. The zero-order valence-corrected chi connectivity index (χ0v) is 12.3. The Morgan fingerprint density at radius 2 is 1.89 bits per heavy atom. The summed E-state index contributed by atoms with van der Waals surface area (Å²) in [7, 11) is 0. The highest BCUT2D eigenvalue weighted by Crippen LogP contribution is 2.30. The summed E-state index contributed by atoms with van der Waals surface area (Å²) in [5.41, 5.74) is 0.902. The predicted molar refractivity (Wildman–Crippen MR) is 78.2 cm³/mol. The minimum Gasteiger partial charge on any atom is -0.198 e. The smallest absolute Gasteiger partial charge is 0.0727 e. The van der Waals surface area contributed by atoms with Gasteiger partial charge in [-0.15, -0.1) is 0 Å². The average molecular weight is 284 g/mol. The summed E-state index contributed by atoms with van der Waals surface area (Å²) in [6.45, 7) is 2.20. The quantitative estimate of drug-likeness (QED) is 0.566. The van der Waals surface area contributed by atoms with Crippen molar-refractivity contribution in [1.82, 2.24) is 0 Å². The van der Waals surface area contributed by atoms with Crippen LogP contribution in [-0.2, 0) is 0 Å². The number of hydrogen-bond donors (Lipinski definition) is 0. The van der Waals surface area contributed by atoms with Crippen LogP contribution in [0, 0.1) is 11.3 Å². The van der Waals surface area contributed by atoms with Gasteiger partial charge in [-0.2, -0.15) is 5.26 Å². The average Bonchev–Trinajstić information content (AvgIpc) is 2.35. The molecule has 0 saturated carbocycles. The molecular weight excluding hydrogens is 265 g/mol. The van der Waals surface area contributed by atoms with E-state index in [9.17, 15) is 5.26 Å². The van der Waals surface area contributed by atoms with Gasteiger partial charge in [-0.05, 0) is 24.1 Å². The van der Waals surface area contributed by atoms with E-state index in [0.29, 0.717) is 10.0 Å². The maximum absolute atomic E-state index is 9.23. The second-order valence-electron chi connectivity index (χ2n) is 4.55. The van der Waals surface area contributed by atoms with Crippen LogP contribution in [0.15, 0.2) is 18.2 Å². The minimum absolute atomic E-state index is 0.114. The highest BCUT2D eigenvalue weighted by Gasteiger charge is 2.13. The van der Waals surface area contributed by atoms with Gasteiger partial charge in [-0.3, -0.25) is 0 Å². The summed E-state index contributed by atoms with van der Waals surface area (Å²) in [6, 6.07) is 7.71. The number of nitriles is 1. The summed E-state index contributed by atoms with van der Waals surface area (Å²) in [5, 5.41) is 10.4. The highest BCUT2D eigenvalue weighted by molar-refractivity contribution is 6.35. The summed E-state index contributed by atoms with van der Waals surface area (Å²) in [6.07, 6.45) is 6.92. The first-order valence-corrected chi connectivity index (χ1v) is 7.29. The standard InChI is InChI=1S/C15H19Cl2N/c1-2-3-4-5-6-7-12(11-18)14-9-8-13(16)10-15(14)17/h8-10,12H,2-7H2,1H3. The first-order chi connectivity index (χ1) is 8.69. The molecular formula is C15H19Cl2N. The molecule has 0 N–H and O–H groups in total. The summed E-state index contributed by atoms with van der Waals surface area (Å²) in [5.74, 6) is -0.114. The molecule has 0 saturated heterocycles. The molecule has 3 heteroatoms. The monoisotopic (exact) mass is 283 g/mol. The Morgan fingerprint density at radius 3 is 2.50 bits per heavy atom. The van der Waals surface area contributed by atoms with Gasteiger partial charge in [0, 0.05) is 10.0 Å². The van der Waals surface area contributed by atoms with Crippen LogP contribution in [0.2, 0.25) is 10.0 Å². The van der Waals surface area contributed by atoms with E-state index in [1.807, 2.05) is 6.07 Å². The third-order valence-corrected chi connectivity index (χ3v) is 3.65. The van der Waals surface area contributed by atoms with Gasteiger partial charge in [0.2, 0.25) is 0 Å². The topological polar surface area (TPSA) is 23.8 Å². The molecule has 0 aliphatic rings. The van der Waals surface area contributed by atoms with Crippen LogP contribution in [-0.4, -0.2) is 0 Å². The van der Waals surface area contributed by atoms with E-state index in [0.717, 1.165) is 18.4 Å². The lowest BCUT2D eigenvalue weighted by molar-refractivity contribution is 0.589. The van der Waals surface area contributed by atoms with Gasteiger partial charge >= 0.3 is 0 Å². The molecule has 98 valence electrons. The van der Waals surface area contributed by atoms with Gasteiger partial charge in [0.05, 0.1) is 12.0 Å². The highest BCUT2D eigenvalue weighted by atomic mass is 35.5. The number of unbranched alkanes of at least 4 members (excludes halogenated alkanes) is 4. The summed E-state index contributed by atoms with van der Waals surface area (Å²) in [4.78, 5) is 0. The molecule has 1 atom stereocenters. The fourth-order valence-electron chi connectivity index (χ4n) is 2.03. The minimum atomic E-state index is -0.114. The lowest BCUT2D eigenvalue weighted by atomic mass is 9.94. The van der Waals surface area contributed by atoms with Crippen LogP contribution in [0.25, 0.3) is 0 Å². The molecule has 0 amide bonds. The Bertz CT molecular complexity index is 409. The molecule has 18 heavy (non-hydrogen) atoms. The van der Waals surface area contributed by atoms with E-state index in [4.69, 9.17) is 23.2 Å². The van der Waals surface area contributed by atoms with Gasteiger partial charge in [0.25, 0.3) is 0 Å². The van der Waals surface area contributed by atoms with Gasteiger partial charge in [0.1, 0.15) is 0 Å². The van der Waals surface area contributed by atoms with Crippen molar-refractivity contribution in [2.75, 3.05) is 0 Å². The first-order valence-electron chi connectivity index (χ1n) is 6.53. The van der Waals surface area contributed by atoms with Crippen LogP contribution >= 0.6 is 23.2 Å². The van der Waals surface area contributed by atoms with E-state index in [1.165, 1.54) is 25.7 Å². The van der Waals surface area contributed by atoms with E-state index in [-0.39, 0.29) is 5.92 Å². The van der Waals surface area contributed by atoms with Crippen molar-refractivity contribution in [2.24, 2.45) is 0 Å². The second-order valence-corrected chi connectivity index (χ2v) is 5.39. The predicted octanol–water partition coefficient (Wildman–Crippen LogP) is 5.96. The normalized spacial score (nSPS) is 12.1. The van der Waals surface area contributed by atoms with Gasteiger partial charge in [-0.25, -0.2) is 0 Å². The van der Waals surface area contributed by atoms with Crippen molar-refractivity contribution in [2.45, 2.75) is 51.4 Å². The molecule has 0 aliphatic carbocycles. The number of benzene rings is 1.